The van der Waals surface area contributed by atoms with Gasteiger partial charge in [0.15, 0.2) is 0 Å². The summed E-state index contributed by atoms with van der Waals surface area (Å²) >= 11 is 0. The zero-order valence-electron chi connectivity index (χ0n) is 20.7. The minimum Gasteiger partial charge on any atom is -0.496 e. The quantitative estimate of drug-likeness (QED) is 0.291. The van der Waals surface area contributed by atoms with Gasteiger partial charge in [0.2, 0.25) is 0 Å². The molecular weight excluding hydrogens is 452 g/mol. The number of cyclic esters (lactones) is 1. The minimum atomic E-state index is -0.340. The van der Waals surface area contributed by atoms with Gasteiger partial charge in [0.25, 0.3) is 0 Å². The SMILES string of the molecule is COc1cccc2c1C(=O)O[C@@H](Cc1cn(CCc3c[nH]c4ccccc34)nn1)CCCC/C=C\C2. The van der Waals surface area contributed by atoms with Crippen LogP contribution in [-0.2, 0) is 30.5 Å². The lowest BCUT2D eigenvalue weighted by Crippen LogP contribution is -2.22. The highest BCUT2D eigenvalue weighted by Crippen LogP contribution is 2.26. The van der Waals surface area contributed by atoms with Gasteiger partial charge in [-0.2, -0.15) is 0 Å². The Morgan fingerprint density at radius 2 is 2.06 bits per heavy atom. The predicted octanol–water partition coefficient (Wildman–Crippen LogP) is 5.45. The maximum absolute atomic E-state index is 13.3. The fourth-order valence-corrected chi connectivity index (χ4v) is 4.87. The van der Waals surface area contributed by atoms with Crippen LogP contribution >= 0.6 is 0 Å². The number of aryl methyl sites for hydroxylation is 2. The summed E-state index contributed by atoms with van der Waals surface area (Å²) in [6, 6.07) is 14.0. The summed E-state index contributed by atoms with van der Waals surface area (Å²) in [5.41, 5.74) is 4.66. The van der Waals surface area contributed by atoms with E-state index in [0.717, 1.165) is 55.4 Å². The van der Waals surface area contributed by atoms with Crippen molar-refractivity contribution in [3.63, 3.8) is 0 Å². The Morgan fingerprint density at radius 3 is 2.97 bits per heavy atom. The number of rotatable bonds is 6. The van der Waals surface area contributed by atoms with Crippen LogP contribution in [0.1, 0.15) is 52.9 Å². The third-order valence-corrected chi connectivity index (χ3v) is 6.77. The minimum absolute atomic E-state index is 0.266. The molecule has 0 spiro atoms. The number of esters is 1. The molecule has 1 N–H and O–H groups in total. The maximum atomic E-state index is 13.3. The molecule has 36 heavy (non-hydrogen) atoms. The van der Waals surface area contributed by atoms with Crippen molar-refractivity contribution < 1.29 is 14.3 Å². The van der Waals surface area contributed by atoms with Gasteiger partial charge in [-0.1, -0.05) is 47.7 Å². The van der Waals surface area contributed by atoms with E-state index in [9.17, 15) is 4.79 Å². The van der Waals surface area contributed by atoms with Gasteiger partial charge >= 0.3 is 5.97 Å². The molecule has 186 valence electrons. The van der Waals surface area contributed by atoms with Crippen molar-refractivity contribution in [2.24, 2.45) is 0 Å². The lowest BCUT2D eigenvalue weighted by Gasteiger charge is -2.19. The molecule has 0 aliphatic carbocycles. The van der Waals surface area contributed by atoms with Crippen molar-refractivity contribution in [2.45, 2.75) is 57.6 Å². The number of para-hydroxylation sites is 1. The van der Waals surface area contributed by atoms with Gasteiger partial charge in [-0.25, -0.2) is 4.79 Å². The lowest BCUT2D eigenvalue weighted by molar-refractivity contribution is 0.0271. The number of hydrogen-bond donors (Lipinski definition) is 1. The van der Waals surface area contributed by atoms with Crippen LogP contribution in [-0.4, -0.2) is 39.2 Å². The number of H-pyrrole nitrogens is 1. The summed E-state index contributed by atoms with van der Waals surface area (Å²) in [5, 5.41) is 9.96. The monoisotopic (exact) mass is 484 g/mol. The highest BCUT2D eigenvalue weighted by molar-refractivity contribution is 5.94. The zero-order chi connectivity index (χ0) is 24.7. The molecule has 7 heteroatoms. The molecule has 0 unspecified atom stereocenters. The van der Waals surface area contributed by atoms with Gasteiger partial charge in [-0.05, 0) is 61.8 Å². The molecule has 3 heterocycles. The van der Waals surface area contributed by atoms with Gasteiger partial charge in [0.1, 0.15) is 17.4 Å². The summed E-state index contributed by atoms with van der Waals surface area (Å²) in [4.78, 5) is 16.6. The Hall–Kier alpha value is -3.87. The van der Waals surface area contributed by atoms with Crippen molar-refractivity contribution in [1.29, 1.82) is 0 Å². The smallest absolute Gasteiger partial charge is 0.342 e. The van der Waals surface area contributed by atoms with Gasteiger partial charge in [-0.3, -0.25) is 4.68 Å². The summed E-state index contributed by atoms with van der Waals surface area (Å²) in [6.07, 6.45) is 14.0. The second-order valence-corrected chi connectivity index (χ2v) is 9.27. The number of aromatic nitrogens is 4. The first-order valence-electron chi connectivity index (χ1n) is 12.7. The number of carbonyl (C=O) groups excluding carboxylic acids is 1. The largest absolute Gasteiger partial charge is 0.496 e. The fourth-order valence-electron chi connectivity index (χ4n) is 4.87. The van der Waals surface area contributed by atoms with E-state index in [-0.39, 0.29) is 12.1 Å². The normalized spacial score (nSPS) is 17.6. The Kier molecular flexibility index (Phi) is 7.45. The van der Waals surface area contributed by atoms with E-state index in [4.69, 9.17) is 9.47 Å². The van der Waals surface area contributed by atoms with Crippen LogP contribution in [0.25, 0.3) is 10.9 Å². The van der Waals surface area contributed by atoms with Crippen LogP contribution in [0.3, 0.4) is 0 Å². The molecule has 0 amide bonds. The van der Waals surface area contributed by atoms with E-state index in [1.165, 1.54) is 10.9 Å². The van der Waals surface area contributed by atoms with Gasteiger partial charge < -0.3 is 14.5 Å². The van der Waals surface area contributed by atoms with Crippen molar-refractivity contribution in [3.05, 3.63) is 89.4 Å². The van der Waals surface area contributed by atoms with Crippen molar-refractivity contribution in [1.82, 2.24) is 20.0 Å². The summed E-state index contributed by atoms with van der Waals surface area (Å²) in [7, 11) is 1.58. The van der Waals surface area contributed by atoms with Crippen LogP contribution in [0.5, 0.6) is 5.75 Å². The number of allylic oxidation sites excluding steroid dienone is 2. The number of hydrogen-bond acceptors (Lipinski definition) is 5. The van der Waals surface area contributed by atoms with E-state index in [0.29, 0.717) is 24.2 Å². The Bertz CT molecular complexity index is 1350. The molecule has 2 aromatic carbocycles. The molecule has 0 fully saturated rings. The first-order valence-corrected chi connectivity index (χ1v) is 12.7. The van der Waals surface area contributed by atoms with Crippen molar-refractivity contribution >= 4 is 16.9 Å². The van der Waals surface area contributed by atoms with Crippen LogP contribution in [0.2, 0.25) is 0 Å². The summed E-state index contributed by atoms with van der Waals surface area (Å²) in [6.45, 7) is 0.732. The summed E-state index contributed by atoms with van der Waals surface area (Å²) < 4.78 is 13.4. The van der Waals surface area contributed by atoms with E-state index in [1.54, 1.807) is 7.11 Å². The molecule has 1 aliphatic rings. The van der Waals surface area contributed by atoms with E-state index >= 15 is 0 Å². The number of nitrogens with zero attached hydrogens (tertiary/aromatic N) is 3. The van der Waals surface area contributed by atoms with Crippen molar-refractivity contribution in [2.75, 3.05) is 7.11 Å². The number of carbonyl (C=O) groups is 1. The Morgan fingerprint density at radius 1 is 1.14 bits per heavy atom. The predicted molar refractivity (Wildman–Crippen MR) is 139 cm³/mol. The zero-order valence-corrected chi connectivity index (χ0v) is 20.7. The van der Waals surface area contributed by atoms with Crippen LogP contribution in [0.15, 0.2) is 67.0 Å². The number of nitrogens with one attached hydrogen (secondary N) is 1. The second-order valence-electron chi connectivity index (χ2n) is 9.27. The lowest BCUT2D eigenvalue weighted by atomic mass is 10.0. The van der Waals surface area contributed by atoms with Crippen LogP contribution in [0.4, 0.5) is 0 Å². The van der Waals surface area contributed by atoms with E-state index in [1.807, 2.05) is 35.1 Å². The molecule has 1 aliphatic heterocycles. The molecule has 1 atom stereocenters. The number of fused-ring (bicyclic) bond motifs is 2. The molecule has 0 saturated carbocycles. The number of methoxy groups -OCH3 is 1. The Balaban J connectivity index is 1.28. The molecule has 5 rings (SSSR count). The highest BCUT2D eigenvalue weighted by Gasteiger charge is 2.23. The van der Waals surface area contributed by atoms with Crippen LogP contribution < -0.4 is 4.74 Å². The van der Waals surface area contributed by atoms with Crippen LogP contribution in [0, 0.1) is 0 Å². The van der Waals surface area contributed by atoms with Gasteiger partial charge in [0, 0.05) is 36.3 Å². The molecular formula is C29H32N4O3. The molecule has 7 nitrogen and oxygen atoms in total. The molecule has 4 aromatic rings. The highest BCUT2D eigenvalue weighted by atomic mass is 16.5. The number of ether oxygens (including phenoxy) is 2. The number of aromatic amines is 1. The first-order chi connectivity index (χ1) is 17.7. The fraction of sp³-hybridized carbons (Fsp3) is 0.345. The topological polar surface area (TPSA) is 82.0 Å². The number of benzene rings is 2. The summed E-state index contributed by atoms with van der Waals surface area (Å²) in [5.74, 6) is 0.207. The average molecular weight is 485 g/mol. The van der Waals surface area contributed by atoms with Gasteiger partial charge in [-0.15, -0.1) is 5.10 Å². The molecule has 0 radical (unpaired) electrons. The van der Waals surface area contributed by atoms with Crippen molar-refractivity contribution in [3.8, 4) is 5.75 Å². The molecule has 0 bridgehead atoms. The first kappa shape index (κ1) is 23.9. The van der Waals surface area contributed by atoms with E-state index < -0.39 is 0 Å². The maximum Gasteiger partial charge on any atom is 0.342 e. The third kappa shape index (κ3) is 5.51. The van der Waals surface area contributed by atoms with E-state index in [2.05, 4.69) is 51.8 Å². The third-order valence-electron chi connectivity index (χ3n) is 6.77. The Labute approximate surface area is 211 Å². The standard InChI is InChI=1S/C29H32N4O3/c1-35-27-15-9-11-21-10-5-3-2-4-6-12-24(36-29(34)28(21)27)18-23-20-33(32-31-23)17-16-22-19-30-26-14-8-7-13-25(22)26/h3,5,7-9,11,13-15,19-20,24,30H,2,4,6,10,12,16-18H2,1H3/b5-3-/t24-/m1/s1. The van der Waals surface area contributed by atoms with Gasteiger partial charge in [0.05, 0.1) is 12.8 Å². The second kappa shape index (κ2) is 11.2. The average Bonchev–Trinajstić information content (AvgIpc) is 3.52. The molecule has 0 saturated heterocycles. The molecule has 2 aromatic heterocycles.